The standard InChI is InChI=1S/C13H17NO2S/c15-17(16,13-4-2-1-3-5-13)14-10-11-6-8-12(14)9-7-11/h1-5,11-12H,6-10H2. The summed E-state index contributed by atoms with van der Waals surface area (Å²) in [7, 11) is -3.26. The molecule has 0 radical (unpaired) electrons. The summed E-state index contributed by atoms with van der Waals surface area (Å²) in [6, 6.07) is 9.05. The van der Waals surface area contributed by atoms with Gasteiger partial charge in [0.15, 0.2) is 0 Å². The fourth-order valence-corrected chi connectivity index (χ4v) is 4.82. The monoisotopic (exact) mass is 251 g/mol. The van der Waals surface area contributed by atoms with E-state index in [9.17, 15) is 8.42 Å². The van der Waals surface area contributed by atoms with Crippen molar-refractivity contribution in [3.63, 3.8) is 0 Å². The molecule has 3 aliphatic rings. The lowest BCUT2D eigenvalue weighted by atomic mass is 9.82. The molecule has 0 spiro atoms. The Morgan fingerprint density at radius 3 is 2.18 bits per heavy atom. The molecular weight excluding hydrogens is 234 g/mol. The van der Waals surface area contributed by atoms with Crippen LogP contribution in [0.2, 0.25) is 0 Å². The van der Waals surface area contributed by atoms with E-state index in [0.717, 1.165) is 19.4 Å². The summed E-state index contributed by atoms with van der Waals surface area (Å²) in [5, 5.41) is 0. The Labute approximate surface area is 102 Å². The number of hydrogen-bond donors (Lipinski definition) is 0. The van der Waals surface area contributed by atoms with Crippen molar-refractivity contribution in [3.05, 3.63) is 30.3 Å². The predicted molar refractivity (Wildman–Crippen MR) is 66.1 cm³/mol. The second kappa shape index (κ2) is 4.10. The van der Waals surface area contributed by atoms with Crippen LogP contribution in [0.1, 0.15) is 25.7 Å². The second-order valence-corrected chi connectivity index (χ2v) is 6.95. The third kappa shape index (κ3) is 1.89. The van der Waals surface area contributed by atoms with Crippen molar-refractivity contribution < 1.29 is 8.42 Å². The SMILES string of the molecule is O=S(=O)(c1ccccc1)N1CC2CCC1CC2. The Hall–Kier alpha value is -0.870. The van der Waals surface area contributed by atoms with Gasteiger partial charge in [0.25, 0.3) is 0 Å². The molecule has 1 aromatic rings. The minimum Gasteiger partial charge on any atom is -0.207 e. The van der Waals surface area contributed by atoms with Crippen LogP contribution in [0.4, 0.5) is 0 Å². The van der Waals surface area contributed by atoms with Gasteiger partial charge in [0, 0.05) is 12.6 Å². The van der Waals surface area contributed by atoms with Gasteiger partial charge in [-0.2, -0.15) is 4.31 Å². The van der Waals surface area contributed by atoms with E-state index in [1.807, 2.05) is 6.07 Å². The molecular formula is C13H17NO2S. The molecule has 0 aromatic heterocycles. The smallest absolute Gasteiger partial charge is 0.207 e. The molecule has 4 rings (SSSR count). The maximum absolute atomic E-state index is 12.5. The van der Waals surface area contributed by atoms with Gasteiger partial charge in [-0.05, 0) is 43.7 Å². The van der Waals surface area contributed by atoms with Gasteiger partial charge >= 0.3 is 0 Å². The summed E-state index contributed by atoms with van der Waals surface area (Å²) in [6.07, 6.45) is 4.48. The number of sulfonamides is 1. The van der Waals surface area contributed by atoms with Crippen LogP contribution >= 0.6 is 0 Å². The number of piperidine rings is 2. The van der Waals surface area contributed by atoms with Crippen LogP contribution < -0.4 is 0 Å². The first-order valence-corrected chi connectivity index (χ1v) is 7.69. The molecule has 1 saturated carbocycles. The average molecular weight is 251 g/mol. The zero-order valence-electron chi connectivity index (χ0n) is 9.75. The van der Waals surface area contributed by atoms with Crippen LogP contribution in [-0.2, 0) is 10.0 Å². The molecule has 2 aliphatic heterocycles. The molecule has 17 heavy (non-hydrogen) atoms. The highest BCUT2D eigenvalue weighted by molar-refractivity contribution is 7.89. The van der Waals surface area contributed by atoms with E-state index in [1.54, 1.807) is 28.6 Å². The molecule has 0 unspecified atom stereocenters. The van der Waals surface area contributed by atoms with E-state index in [2.05, 4.69) is 0 Å². The highest BCUT2D eigenvalue weighted by Gasteiger charge is 2.40. The van der Waals surface area contributed by atoms with E-state index in [-0.39, 0.29) is 6.04 Å². The number of hydrogen-bond acceptors (Lipinski definition) is 2. The van der Waals surface area contributed by atoms with E-state index in [4.69, 9.17) is 0 Å². The Balaban J connectivity index is 1.94. The zero-order chi connectivity index (χ0) is 11.9. The third-order valence-corrected chi connectivity index (χ3v) is 5.94. The summed E-state index contributed by atoms with van der Waals surface area (Å²) in [4.78, 5) is 0.438. The number of rotatable bonds is 2. The fourth-order valence-electron chi connectivity index (χ4n) is 3.04. The Morgan fingerprint density at radius 2 is 1.65 bits per heavy atom. The molecule has 0 N–H and O–H groups in total. The molecule has 0 atom stereocenters. The topological polar surface area (TPSA) is 37.4 Å². The summed E-state index contributed by atoms with van der Waals surface area (Å²) in [5.41, 5.74) is 0. The number of benzene rings is 1. The third-order valence-electron chi connectivity index (χ3n) is 4.01. The fraction of sp³-hybridized carbons (Fsp3) is 0.538. The first kappa shape index (κ1) is 11.2. The normalized spacial score (nSPS) is 29.4. The van der Waals surface area contributed by atoms with Crippen LogP contribution in [-0.4, -0.2) is 25.3 Å². The van der Waals surface area contributed by atoms with Crippen LogP contribution in [0.15, 0.2) is 35.2 Å². The lowest BCUT2D eigenvalue weighted by molar-refractivity contribution is 0.120. The second-order valence-electron chi connectivity index (χ2n) is 5.06. The van der Waals surface area contributed by atoms with Crippen molar-refractivity contribution in [2.24, 2.45) is 5.92 Å². The average Bonchev–Trinajstić information content (AvgIpc) is 2.41. The van der Waals surface area contributed by atoms with Gasteiger partial charge < -0.3 is 0 Å². The Kier molecular flexibility index (Phi) is 2.71. The van der Waals surface area contributed by atoms with E-state index >= 15 is 0 Å². The maximum atomic E-state index is 12.5. The van der Waals surface area contributed by atoms with Gasteiger partial charge in [0.1, 0.15) is 0 Å². The highest BCUT2D eigenvalue weighted by Crippen LogP contribution is 2.37. The highest BCUT2D eigenvalue weighted by atomic mass is 32.2. The van der Waals surface area contributed by atoms with Gasteiger partial charge in [-0.25, -0.2) is 8.42 Å². The van der Waals surface area contributed by atoms with E-state index in [0.29, 0.717) is 10.8 Å². The molecule has 92 valence electrons. The molecule has 3 nitrogen and oxygen atoms in total. The molecule has 1 aromatic carbocycles. The summed E-state index contributed by atoms with van der Waals surface area (Å²) < 4.78 is 26.7. The largest absolute Gasteiger partial charge is 0.243 e. The van der Waals surface area contributed by atoms with Gasteiger partial charge in [0.05, 0.1) is 4.90 Å². The number of nitrogens with zero attached hydrogens (tertiary/aromatic N) is 1. The zero-order valence-corrected chi connectivity index (χ0v) is 10.6. The molecule has 2 bridgehead atoms. The van der Waals surface area contributed by atoms with E-state index in [1.165, 1.54) is 12.8 Å². The summed E-state index contributed by atoms with van der Waals surface area (Å²) >= 11 is 0. The lowest BCUT2D eigenvalue weighted by Gasteiger charge is -2.44. The van der Waals surface area contributed by atoms with Crippen molar-refractivity contribution in [3.8, 4) is 0 Å². The Morgan fingerprint density at radius 1 is 1.00 bits per heavy atom. The molecule has 4 heteroatoms. The molecule has 3 fully saturated rings. The van der Waals surface area contributed by atoms with Crippen molar-refractivity contribution in [2.75, 3.05) is 6.54 Å². The summed E-state index contributed by atoms with van der Waals surface area (Å²) in [5.74, 6) is 0.582. The van der Waals surface area contributed by atoms with Gasteiger partial charge in [-0.15, -0.1) is 0 Å². The van der Waals surface area contributed by atoms with Crippen LogP contribution in [0.3, 0.4) is 0 Å². The quantitative estimate of drug-likeness (QED) is 0.808. The van der Waals surface area contributed by atoms with E-state index < -0.39 is 10.0 Å². The number of fused-ring (bicyclic) bond motifs is 3. The minimum absolute atomic E-state index is 0.241. The lowest BCUT2D eigenvalue weighted by Crippen LogP contribution is -2.50. The molecule has 2 heterocycles. The van der Waals surface area contributed by atoms with Crippen molar-refractivity contribution in [2.45, 2.75) is 36.6 Å². The molecule has 0 amide bonds. The van der Waals surface area contributed by atoms with Crippen molar-refractivity contribution in [1.29, 1.82) is 0 Å². The summed E-state index contributed by atoms with van der Waals surface area (Å²) in [6.45, 7) is 0.724. The first-order valence-electron chi connectivity index (χ1n) is 6.25. The van der Waals surface area contributed by atoms with Crippen LogP contribution in [0, 0.1) is 5.92 Å². The van der Waals surface area contributed by atoms with Gasteiger partial charge in [0.2, 0.25) is 10.0 Å². The van der Waals surface area contributed by atoms with Gasteiger partial charge in [-0.3, -0.25) is 0 Å². The van der Waals surface area contributed by atoms with Gasteiger partial charge in [-0.1, -0.05) is 18.2 Å². The van der Waals surface area contributed by atoms with Crippen LogP contribution in [0.5, 0.6) is 0 Å². The first-order chi connectivity index (χ1) is 8.18. The molecule has 2 saturated heterocycles. The minimum atomic E-state index is -3.26. The molecule has 1 aliphatic carbocycles. The van der Waals surface area contributed by atoms with Crippen LogP contribution in [0.25, 0.3) is 0 Å². The Bertz CT molecular complexity index is 489. The predicted octanol–water partition coefficient (Wildman–Crippen LogP) is 2.25. The maximum Gasteiger partial charge on any atom is 0.243 e. The van der Waals surface area contributed by atoms with Crippen molar-refractivity contribution in [1.82, 2.24) is 4.31 Å². The van der Waals surface area contributed by atoms with Crippen molar-refractivity contribution >= 4 is 10.0 Å².